The van der Waals surface area contributed by atoms with Crippen LogP contribution in [0.5, 0.6) is 0 Å². The van der Waals surface area contributed by atoms with Crippen LogP contribution in [0.2, 0.25) is 5.02 Å². The average molecular weight is 300 g/mol. The molecule has 0 aliphatic carbocycles. The van der Waals surface area contributed by atoms with Crippen molar-refractivity contribution in [1.82, 2.24) is 0 Å². The molecule has 0 aliphatic rings. The number of carboxylic acid groups (broad SMARTS) is 1. The van der Waals surface area contributed by atoms with Gasteiger partial charge in [0.2, 0.25) is 0 Å². The number of carboxylic acids is 1. The van der Waals surface area contributed by atoms with Crippen LogP contribution in [0.15, 0.2) is 18.2 Å². The van der Waals surface area contributed by atoms with Crippen LogP contribution in [0.3, 0.4) is 0 Å². The van der Waals surface area contributed by atoms with Gasteiger partial charge in [0.25, 0.3) is 0 Å². The monoisotopic (exact) mass is 299 g/mol. The molecule has 0 spiro atoms. The van der Waals surface area contributed by atoms with Gasteiger partial charge >= 0.3 is 12.1 Å². The number of nitrogens with one attached hydrogen (secondary N) is 1. The summed E-state index contributed by atoms with van der Waals surface area (Å²) < 4.78 is 5.14. The molecule has 2 N–H and O–H groups in total. The van der Waals surface area contributed by atoms with Gasteiger partial charge in [0.05, 0.1) is 5.92 Å². The van der Waals surface area contributed by atoms with E-state index in [0.29, 0.717) is 16.3 Å². The van der Waals surface area contributed by atoms with Gasteiger partial charge < -0.3 is 9.84 Å². The molecule has 1 aromatic rings. The molecule has 0 radical (unpaired) electrons. The first-order chi connectivity index (χ1) is 9.10. The van der Waals surface area contributed by atoms with Crippen molar-refractivity contribution in [1.29, 1.82) is 0 Å². The van der Waals surface area contributed by atoms with E-state index in [2.05, 4.69) is 5.32 Å². The summed E-state index contributed by atoms with van der Waals surface area (Å²) in [5.41, 5.74) is 0.163. The van der Waals surface area contributed by atoms with Gasteiger partial charge in [-0.05, 0) is 45.4 Å². The van der Waals surface area contributed by atoms with Crippen molar-refractivity contribution in [2.75, 3.05) is 5.32 Å². The molecule has 1 amide bonds. The molecule has 0 saturated carbocycles. The second-order valence-electron chi connectivity index (χ2n) is 5.42. The number of hydrogen-bond acceptors (Lipinski definition) is 3. The Morgan fingerprint density at radius 2 is 1.95 bits per heavy atom. The maximum absolute atomic E-state index is 11.8. The standard InChI is InChI=1S/C14H18ClNO4/c1-8(12(17)18)10-6-5-9(15)7-11(10)16-13(19)20-14(2,3)4/h5-8H,1-4H3,(H,16,19)(H,17,18). The Morgan fingerprint density at radius 3 is 2.45 bits per heavy atom. The Hall–Kier alpha value is -1.75. The second kappa shape index (κ2) is 6.13. The van der Waals surface area contributed by atoms with E-state index in [1.807, 2.05) is 0 Å². The highest BCUT2D eigenvalue weighted by molar-refractivity contribution is 6.31. The number of anilines is 1. The number of amides is 1. The summed E-state index contributed by atoms with van der Waals surface area (Å²) in [5.74, 6) is -1.75. The van der Waals surface area contributed by atoms with Gasteiger partial charge in [0.1, 0.15) is 5.60 Å². The van der Waals surface area contributed by atoms with Gasteiger partial charge in [-0.25, -0.2) is 4.79 Å². The highest BCUT2D eigenvalue weighted by Gasteiger charge is 2.21. The van der Waals surface area contributed by atoms with E-state index in [9.17, 15) is 9.59 Å². The third kappa shape index (κ3) is 4.74. The highest BCUT2D eigenvalue weighted by atomic mass is 35.5. The Kier molecular flexibility index (Phi) is 5.00. The van der Waals surface area contributed by atoms with Crippen LogP contribution in [0.4, 0.5) is 10.5 Å². The van der Waals surface area contributed by atoms with Crippen LogP contribution in [0.1, 0.15) is 39.2 Å². The molecule has 6 heteroatoms. The Bertz CT molecular complexity index is 522. The highest BCUT2D eigenvalue weighted by Crippen LogP contribution is 2.28. The summed E-state index contributed by atoms with van der Waals surface area (Å²) >= 11 is 5.88. The number of halogens is 1. The normalized spacial score (nSPS) is 12.7. The quantitative estimate of drug-likeness (QED) is 0.888. The van der Waals surface area contributed by atoms with Crippen molar-refractivity contribution in [3.8, 4) is 0 Å². The third-order valence-corrected chi connectivity index (χ3v) is 2.72. The second-order valence-corrected chi connectivity index (χ2v) is 5.85. The van der Waals surface area contributed by atoms with Gasteiger partial charge in [-0.3, -0.25) is 10.1 Å². The molecule has 0 heterocycles. The molecule has 0 bridgehead atoms. The van der Waals surface area contributed by atoms with Gasteiger partial charge in [-0.2, -0.15) is 0 Å². The van der Waals surface area contributed by atoms with Crippen LogP contribution in [0, 0.1) is 0 Å². The maximum atomic E-state index is 11.8. The van der Waals surface area contributed by atoms with Gasteiger partial charge in [0, 0.05) is 10.7 Å². The third-order valence-electron chi connectivity index (χ3n) is 2.49. The predicted octanol–water partition coefficient (Wildman–Crippen LogP) is 3.88. The molecule has 5 nitrogen and oxygen atoms in total. The first kappa shape index (κ1) is 16.3. The van der Waals surface area contributed by atoms with E-state index in [0.717, 1.165) is 0 Å². The van der Waals surface area contributed by atoms with Gasteiger partial charge in [-0.15, -0.1) is 0 Å². The van der Waals surface area contributed by atoms with Crippen molar-refractivity contribution in [3.63, 3.8) is 0 Å². The van der Waals surface area contributed by atoms with E-state index < -0.39 is 23.6 Å². The first-order valence-corrected chi connectivity index (χ1v) is 6.50. The lowest BCUT2D eigenvalue weighted by Crippen LogP contribution is -2.27. The number of carbonyl (C=O) groups is 2. The maximum Gasteiger partial charge on any atom is 0.412 e. The van der Waals surface area contributed by atoms with Crippen LogP contribution in [0.25, 0.3) is 0 Å². The predicted molar refractivity (Wildman–Crippen MR) is 77.4 cm³/mol. The fraction of sp³-hybridized carbons (Fsp3) is 0.429. The fourth-order valence-electron chi connectivity index (χ4n) is 1.56. The minimum absolute atomic E-state index is 0.335. The lowest BCUT2D eigenvalue weighted by molar-refractivity contribution is -0.138. The van der Waals surface area contributed by atoms with Crippen molar-refractivity contribution in [2.45, 2.75) is 39.2 Å². The van der Waals surface area contributed by atoms with Crippen molar-refractivity contribution >= 4 is 29.4 Å². The van der Waals surface area contributed by atoms with E-state index in [-0.39, 0.29) is 0 Å². The molecule has 0 aliphatic heterocycles. The summed E-state index contributed by atoms with van der Waals surface area (Å²) in [6, 6.07) is 4.66. The lowest BCUT2D eigenvalue weighted by Gasteiger charge is -2.21. The fourth-order valence-corrected chi connectivity index (χ4v) is 1.73. The number of aliphatic carboxylic acids is 1. The van der Waals surface area contributed by atoms with E-state index >= 15 is 0 Å². The molecule has 0 saturated heterocycles. The van der Waals surface area contributed by atoms with Crippen LogP contribution in [-0.4, -0.2) is 22.8 Å². The summed E-state index contributed by atoms with van der Waals surface area (Å²) in [5, 5.41) is 12.0. The molecule has 1 unspecified atom stereocenters. The van der Waals surface area contributed by atoms with Crippen molar-refractivity contribution in [3.05, 3.63) is 28.8 Å². The molecular weight excluding hydrogens is 282 g/mol. The molecule has 0 aromatic heterocycles. The largest absolute Gasteiger partial charge is 0.481 e. The molecule has 20 heavy (non-hydrogen) atoms. The SMILES string of the molecule is CC(C(=O)O)c1ccc(Cl)cc1NC(=O)OC(C)(C)C. The summed E-state index contributed by atoms with van der Waals surface area (Å²) in [6.45, 7) is 6.76. The molecule has 110 valence electrons. The Labute approximate surface area is 122 Å². The van der Waals surface area contributed by atoms with E-state index in [1.54, 1.807) is 32.9 Å². The average Bonchev–Trinajstić information content (AvgIpc) is 2.25. The Balaban J connectivity index is 3.01. The number of benzene rings is 1. The smallest absolute Gasteiger partial charge is 0.412 e. The van der Waals surface area contributed by atoms with Crippen LogP contribution >= 0.6 is 11.6 Å². The molecule has 0 fully saturated rings. The zero-order chi connectivity index (χ0) is 15.5. The number of rotatable bonds is 3. The number of ether oxygens (including phenoxy) is 1. The molecule has 1 aromatic carbocycles. The zero-order valence-electron chi connectivity index (χ0n) is 11.9. The minimum Gasteiger partial charge on any atom is -0.481 e. The van der Waals surface area contributed by atoms with Crippen molar-refractivity contribution in [2.24, 2.45) is 0 Å². The van der Waals surface area contributed by atoms with Crippen molar-refractivity contribution < 1.29 is 19.4 Å². The van der Waals surface area contributed by atoms with Gasteiger partial charge in [-0.1, -0.05) is 17.7 Å². The summed E-state index contributed by atoms with van der Waals surface area (Å²) in [6.07, 6.45) is -0.654. The van der Waals surface area contributed by atoms with E-state index in [4.69, 9.17) is 21.4 Å². The Morgan fingerprint density at radius 1 is 1.35 bits per heavy atom. The molecule has 1 atom stereocenters. The van der Waals surface area contributed by atoms with Crippen LogP contribution < -0.4 is 5.32 Å². The molecular formula is C14H18ClNO4. The van der Waals surface area contributed by atoms with E-state index in [1.165, 1.54) is 13.0 Å². The summed E-state index contributed by atoms with van der Waals surface area (Å²) in [4.78, 5) is 22.8. The van der Waals surface area contributed by atoms with Crippen LogP contribution in [-0.2, 0) is 9.53 Å². The lowest BCUT2D eigenvalue weighted by atomic mass is 9.99. The van der Waals surface area contributed by atoms with Gasteiger partial charge in [0.15, 0.2) is 0 Å². The molecule has 1 rings (SSSR count). The number of carbonyl (C=O) groups excluding carboxylic acids is 1. The summed E-state index contributed by atoms with van der Waals surface area (Å²) in [7, 11) is 0. The minimum atomic E-state index is -0.987. The first-order valence-electron chi connectivity index (χ1n) is 6.12. The number of hydrogen-bond donors (Lipinski definition) is 2. The topological polar surface area (TPSA) is 75.6 Å². The zero-order valence-corrected chi connectivity index (χ0v) is 12.6.